The van der Waals surface area contributed by atoms with Gasteiger partial charge in [0.25, 0.3) is 0 Å². The molecule has 27 heavy (non-hydrogen) atoms. The number of carbonyl (C=O) groups is 1. The number of para-hydroxylation sites is 1. The van der Waals surface area contributed by atoms with E-state index in [0.29, 0.717) is 10.8 Å². The number of esters is 1. The van der Waals surface area contributed by atoms with E-state index < -0.39 is 21.3 Å². The van der Waals surface area contributed by atoms with Crippen LogP contribution in [0.1, 0.15) is 6.92 Å². The lowest BCUT2D eigenvalue weighted by atomic mass is 10.0. The number of carbonyl (C=O) groups excluding carboxylic acids is 1. The van der Waals surface area contributed by atoms with E-state index >= 15 is 0 Å². The Morgan fingerprint density at radius 2 is 1.74 bits per heavy atom. The van der Waals surface area contributed by atoms with Crippen molar-refractivity contribution in [3.63, 3.8) is 0 Å². The molecule has 0 aliphatic heterocycles. The lowest BCUT2D eigenvalue weighted by Gasteiger charge is -2.28. The van der Waals surface area contributed by atoms with E-state index in [9.17, 15) is 13.2 Å². The van der Waals surface area contributed by atoms with Crippen molar-refractivity contribution >= 4 is 27.4 Å². The van der Waals surface area contributed by atoms with Gasteiger partial charge < -0.3 is 9.47 Å². The third-order valence-electron chi connectivity index (χ3n) is 3.97. The number of methoxy groups -OCH3 is 1. The molecule has 146 valence electrons. The molecule has 0 amide bonds. The minimum atomic E-state index is -3.51. The highest BCUT2D eigenvalue weighted by molar-refractivity contribution is 7.91. The molecule has 0 aromatic heterocycles. The highest BCUT2D eigenvalue weighted by Gasteiger charge is 2.35. The van der Waals surface area contributed by atoms with E-state index in [4.69, 9.17) is 21.1 Å². The van der Waals surface area contributed by atoms with E-state index in [-0.39, 0.29) is 23.8 Å². The lowest BCUT2D eigenvalue weighted by Crippen LogP contribution is -2.55. The summed E-state index contributed by atoms with van der Waals surface area (Å²) in [7, 11) is -2.24. The molecule has 0 spiro atoms. The molecule has 0 heterocycles. The van der Waals surface area contributed by atoms with Gasteiger partial charge in [-0.2, -0.15) is 0 Å². The van der Waals surface area contributed by atoms with Crippen LogP contribution in [0, 0.1) is 0 Å². The van der Waals surface area contributed by atoms with E-state index in [0.717, 1.165) is 0 Å². The van der Waals surface area contributed by atoms with Gasteiger partial charge in [-0.1, -0.05) is 29.8 Å². The molecule has 0 aliphatic carbocycles. The number of rotatable bonds is 9. The van der Waals surface area contributed by atoms with Crippen molar-refractivity contribution in [3.8, 4) is 5.75 Å². The largest absolute Gasteiger partial charge is 0.491 e. The van der Waals surface area contributed by atoms with Crippen molar-refractivity contribution < 1.29 is 22.7 Å². The number of ether oxygens (including phenoxy) is 2. The second kappa shape index (κ2) is 9.21. The molecular formula is C19H22ClNO5S. The van der Waals surface area contributed by atoms with Gasteiger partial charge in [0.2, 0.25) is 0 Å². The quantitative estimate of drug-likeness (QED) is 0.639. The number of hydrogen-bond donors (Lipinski definition) is 1. The van der Waals surface area contributed by atoms with Crippen LogP contribution in [0.3, 0.4) is 0 Å². The van der Waals surface area contributed by atoms with Crippen LogP contribution < -0.4 is 10.1 Å². The molecule has 2 aromatic rings. The first-order valence-corrected chi connectivity index (χ1v) is 10.3. The third-order valence-corrected chi connectivity index (χ3v) is 5.95. The van der Waals surface area contributed by atoms with E-state index in [1.807, 2.05) is 18.2 Å². The molecule has 1 N–H and O–H groups in total. The minimum absolute atomic E-state index is 0.00925. The molecule has 0 fully saturated rings. The van der Waals surface area contributed by atoms with E-state index in [1.165, 1.54) is 31.4 Å². The Labute approximate surface area is 164 Å². The summed E-state index contributed by atoms with van der Waals surface area (Å²) in [5.41, 5.74) is -1.19. The first kappa shape index (κ1) is 21.2. The Morgan fingerprint density at radius 3 is 2.33 bits per heavy atom. The van der Waals surface area contributed by atoms with Gasteiger partial charge in [-0.25, -0.2) is 13.2 Å². The van der Waals surface area contributed by atoms with Crippen LogP contribution in [0.4, 0.5) is 0 Å². The normalized spacial score (nSPS) is 13.6. The predicted octanol–water partition coefficient (Wildman–Crippen LogP) is 2.71. The summed E-state index contributed by atoms with van der Waals surface area (Å²) in [5.74, 6) is -0.127. The van der Waals surface area contributed by atoms with Gasteiger partial charge in [-0.05, 0) is 43.3 Å². The zero-order valence-electron chi connectivity index (χ0n) is 15.1. The second-order valence-electron chi connectivity index (χ2n) is 6.12. The molecule has 2 aromatic carbocycles. The fourth-order valence-corrected chi connectivity index (χ4v) is 3.66. The Balaban J connectivity index is 2.01. The maximum Gasteiger partial charge on any atom is 0.329 e. The molecular weight excluding hydrogens is 390 g/mol. The summed E-state index contributed by atoms with van der Waals surface area (Å²) in [5, 5.41) is 3.41. The van der Waals surface area contributed by atoms with Crippen LogP contribution in [0.5, 0.6) is 5.75 Å². The van der Waals surface area contributed by atoms with Crippen LogP contribution in [-0.4, -0.2) is 45.9 Å². The third kappa shape index (κ3) is 5.95. The predicted molar refractivity (Wildman–Crippen MR) is 104 cm³/mol. The lowest BCUT2D eigenvalue weighted by molar-refractivity contribution is -0.149. The fraction of sp³-hybridized carbons (Fsp3) is 0.316. The van der Waals surface area contributed by atoms with Crippen molar-refractivity contribution in [2.75, 3.05) is 26.0 Å². The summed E-state index contributed by atoms with van der Waals surface area (Å²) in [6.07, 6.45) is 0. The number of halogens is 1. The van der Waals surface area contributed by atoms with Crippen molar-refractivity contribution in [1.29, 1.82) is 0 Å². The van der Waals surface area contributed by atoms with Crippen LogP contribution >= 0.6 is 11.6 Å². The topological polar surface area (TPSA) is 81.7 Å². The molecule has 0 aliphatic rings. The molecule has 2 rings (SSSR count). The molecule has 1 atom stereocenters. The number of nitrogens with one attached hydrogen (secondary N) is 1. The van der Waals surface area contributed by atoms with Gasteiger partial charge in [0.05, 0.1) is 17.8 Å². The van der Waals surface area contributed by atoms with E-state index in [1.54, 1.807) is 19.1 Å². The second-order valence-corrected chi connectivity index (χ2v) is 8.67. The minimum Gasteiger partial charge on any atom is -0.491 e. The highest BCUT2D eigenvalue weighted by Crippen LogP contribution is 2.16. The van der Waals surface area contributed by atoms with Crippen LogP contribution in [0.2, 0.25) is 5.02 Å². The molecule has 0 saturated carbocycles. The van der Waals surface area contributed by atoms with Crippen LogP contribution in [0.25, 0.3) is 0 Å². The number of benzene rings is 2. The molecule has 1 unspecified atom stereocenters. The average molecular weight is 412 g/mol. The van der Waals surface area contributed by atoms with Gasteiger partial charge in [0.1, 0.15) is 17.9 Å². The monoisotopic (exact) mass is 411 g/mol. The zero-order valence-corrected chi connectivity index (χ0v) is 16.7. The van der Waals surface area contributed by atoms with Gasteiger partial charge in [-0.15, -0.1) is 0 Å². The van der Waals surface area contributed by atoms with Crippen molar-refractivity contribution in [2.24, 2.45) is 0 Å². The highest BCUT2D eigenvalue weighted by atomic mass is 35.5. The molecule has 6 nitrogen and oxygen atoms in total. The summed E-state index contributed by atoms with van der Waals surface area (Å²) in [4.78, 5) is 12.4. The van der Waals surface area contributed by atoms with Crippen LogP contribution in [0.15, 0.2) is 59.5 Å². The summed E-state index contributed by atoms with van der Waals surface area (Å²) in [6.45, 7) is 1.65. The summed E-state index contributed by atoms with van der Waals surface area (Å²) < 4.78 is 35.3. The fourth-order valence-electron chi connectivity index (χ4n) is 2.37. The standard InChI is InChI=1S/C19H22ClNO5S/c1-19(18(22)25-2,14-26-16-6-4-3-5-7-16)21-12-13-27(23,24)17-10-8-15(20)9-11-17/h3-11,21H,12-14H2,1-2H3. The maximum atomic E-state index is 12.4. The van der Waals surface area contributed by atoms with Crippen molar-refractivity contribution in [2.45, 2.75) is 17.4 Å². The summed E-state index contributed by atoms with van der Waals surface area (Å²) in [6, 6.07) is 15.0. The van der Waals surface area contributed by atoms with Crippen molar-refractivity contribution in [1.82, 2.24) is 5.32 Å². The Hall–Kier alpha value is -2.09. The summed E-state index contributed by atoms with van der Waals surface area (Å²) >= 11 is 5.79. The average Bonchev–Trinajstić information content (AvgIpc) is 2.66. The van der Waals surface area contributed by atoms with Gasteiger partial charge >= 0.3 is 5.97 Å². The first-order valence-electron chi connectivity index (χ1n) is 8.26. The van der Waals surface area contributed by atoms with Gasteiger partial charge in [0, 0.05) is 11.6 Å². The molecule has 8 heteroatoms. The SMILES string of the molecule is COC(=O)C(C)(COc1ccccc1)NCCS(=O)(=O)c1ccc(Cl)cc1. The van der Waals surface area contributed by atoms with Gasteiger partial charge in [-0.3, -0.25) is 5.32 Å². The Bertz CT molecular complexity index is 855. The van der Waals surface area contributed by atoms with Crippen LogP contribution in [-0.2, 0) is 19.4 Å². The molecule has 0 bridgehead atoms. The Morgan fingerprint density at radius 1 is 1.11 bits per heavy atom. The maximum absolute atomic E-state index is 12.4. The van der Waals surface area contributed by atoms with Crippen molar-refractivity contribution in [3.05, 3.63) is 59.6 Å². The molecule has 0 radical (unpaired) electrons. The van der Waals surface area contributed by atoms with Gasteiger partial charge in [0.15, 0.2) is 9.84 Å². The Kier molecular flexibility index (Phi) is 7.24. The zero-order chi connectivity index (χ0) is 19.9. The first-order chi connectivity index (χ1) is 12.8. The smallest absolute Gasteiger partial charge is 0.329 e. The number of hydrogen-bond acceptors (Lipinski definition) is 6. The molecule has 0 saturated heterocycles. The van der Waals surface area contributed by atoms with E-state index in [2.05, 4.69) is 5.32 Å². The number of sulfone groups is 1.